The first-order chi connectivity index (χ1) is 11.4. The monoisotopic (exact) mass is 348 g/mol. The Labute approximate surface area is 143 Å². The van der Waals surface area contributed by atoms with Gasteiger partial charge in [-0.2, -0.15) is 5.10 Å². The highest BCUT2D eigenvalue weighted by Crippen LogP contribution is 2.51. The number of hydrogen-bond donors (Lipinski definition) is 1. The van der Waals surface area contributed by atoms with Crippen molar-refractivity contribution in [3.8, 4) is 0 Å². The van der Waals surface area contributed by atoms with E-state index in [9.17, 15) is 5.11 Å². The van der Waals surface area contributed by atoms with E-state index in [-0.39, 0.29) is 12.0 Å². The molecule has 0 aromatic carbocycles. The smallest absolute Gasteiger partial charge is 0.221 e. The zero-order chi connectivity index (χ0) is 17.5. The molecule has 9 heteroatoms. The minimum atomic E-state index is -1.77. The summed E-state index contributed by atoms with van der Waals surface area (Å²) in [5.74, 6) is -1.92. The largest absolute Gasteiger partial charge is 0.360 e. The van der Waals surface area contributed by atoms with Crippen molar-refractivity contribution in [3.63, 3.8) is 0 Å². The van der Waals surface area contributed by atoms with Gasteiger partial charge in [-0.15, -0.1) is 11.8 Å². The second-order valence-electron chi connectivity index (χ2n) is 6.12. The summed E-state index contributed by atoms with van der Waals surface area (Å²) >= 11 is 1.49. The second-order valence-corrected chi connectivity index (χ2v) is 6.91. The quantitative estimate of drug-likeness (QED) is 0.395. The lowest BCUT2D eigenvalue weighted by Crippen LogP contribution is -2.48. The zero-order valence-electron chi connectivity index (χ0n) is 14.0. The van der Waals surface area contributed by atoms with Gasteiger partial charge in [0.25, 0.3) is 0 Å². The van der Waals surface area contributed by atoms with E-state index in [1.54, 1.807) is 17.5 Å². The molecule has 2 aromatic heterocycles. The molecule has 0 amide bonds. The Bertz CT molecular complexity index is 819. The van der Waals surface area contributed by atoms with Crippen LogP contribution in [0.15, 0.2) is 28.6 Å². The van der Waals surface area contributed by atoms with Gasteiger partial charge in [-0.25, -0.2) is 9.50 Å². The molecule has 2 aromatic rings. The number of fused-ring (bicyclic) bond motifs is 1. The molecule has 3 rings (SSSR count). The predicted molar refractivity (Wildman–Crippen MR) is 90.5 cm³/mol. The maximum atomic E-state index is 11.5. The van der Waals surface area contributed by atoms with Gasteiger partial charge in [0.1, 0.15) is 22.6 Å². The van der Waals surface area contributed by atoms with Gasteiger partial charge in [0, 0.05) is 4.91 Å². The minimum absolute atomic E-state index is 0.157. The zero-order valence-corrected chi connectivity index (χ0v) is 14.9. The van der Waals surface area contributed by atoms with E-state index in [0.29, 0.717) is 12.1 Å². The van der Waals surface area contributed by atoms with Gasteiger partial charge in [-0.05, 0) is 43.2 Å². The number of ether oxygens (including phenoxy) is 1. The summed E-state index contributed by atoms with van der Waals surface area (Å²) in [6, 6.07) is 3.59. The number of hydrogen-bond acceptors (Lipinski definition) is 6. The van der Waals surface area contributed by atoms with Crippen LogP contribution in [0.25, 0.3) is 16.0 Å². The molecule has 3 heterocycles. The lowest BCUT2D eigenvalue weighted by Gasteiger charge is -2.35. The van der Waals surface area contributed by atoms with Crippen LogP contribution >= 0.6 is 11.8 Å². The predicted octanol–water partition coefficient (Wildman–Crippen LogP) is 3.11. The van der Waals surface area contributed by atoms with E-state index in [1.165, 1.54) is 18.1 Å². The van der Waals surface area contributed by atoms with Crippen molar-refractivity contribution < 1.29 is 9.84 Å². The maximum Gasteiger partial charge on any atom is 0.221 e. The summed E-state index contributed by atoms with van der Waals surface area (Å²) in [6.07, 6.45) is 3.84. The highest BCUT2D eigenvalue weighted by Gasteiger charge is 2.62. The molecule has 128 valence electrons. The van der Waals surface area contributed by atoms with E-state index in [2.05, 4.69) is 20.1 Å². The van der Waals surface area contributed by atoms with Crippen LogP contribution in [0.1, 0.15) is 32.9 Å². The Morgan fingerprint density at radius 2 is 2.29 bits per heavy atom. The summed E-state index contributed by atoms with van der Waals surface area (Å²) in [6.45, 7) is 5.63. The van der Waals surface area contributed by atoms with Crippen molar-refractivity contribution >= 4 is 17.3 Å². The van der Waals surface area contributed by atoms with Crippen LogP contribution in [-0.2, 0) is 10.5 Å². The molecule has 1 N–H and O–H groups in total. The maximum absolute atomic E-state index is 11.5. The van der Waals surface area contributed by atoms with Gasteiger partial charge in [-0.1, -0.05) is 19.0 Å². The molecule has 1 aliphatic rings. The Morgan fingerprint density at radius 1 is 1.54 bits per heavy atom. The summed E-state index contributed by atoms with van der Waals surface area (Å²) in [5.41, 5.74) is 9.11. The second kappa shape index (κ2) is 5.93. The van der Waals surface area contributed by atoms with Gasteiger partial charge < -0.3 is 9.84 Å². The summed E-state index contributed by atoms with van der Waals surface area (Å²) in [4.78, 5) is 7.20. The molecule has 0 bridgehead atoms. The van der Waals surface area contributed by atoms with E-state index in [0.717, 1.165) is 10.5 Å². The van der Waals surface area contributed by atoms with Crippen LogP contribution in [0.2, 0.25) is 0 Å². The molecule has 1 fully saturated rings. The molecular weight excluding hydrogens is 328 g/mol. The molecule has 1 saturated heterocycles. The summed E-state index contributed by atoms with van der Waals surface area (Å²) in [5, 5.41) is 20.5. The standard InChI is InChI=1S/C15H20N6O2S/c1-5-11-9(2)14(3,19-20-16)15(22,23-11)12-7-6-10-13(24-4)17-8-18-21(10)12/h6-9,11,22H,5H2,1-4H3/t9-,11-,14-,15+/m1/s1. The highest BCUT2D eigenvalue weighted by atomic mass is 32.2. The fraction of sp³-hybridized carbons (Fsp3) is 0.600. The van der Waals surface area contributed by atoms with Crippen LogP contribution < -0.4 is 0 Å². The number of aromatic nitrogens is 3. The first-order valence-electron chi connectivity index (χ1n) is 7.76. The fourth-order valence-electron chi connectivity index (χ4n) is 3.44. The molecule has 0 saturated carbocycles. The van der Waals surface area contributed by atoms with Gasteiger partial charge in [0.2, 0.25) is 5.79 Å². The van der Waals surface area contributed by atoms with Gasteiger partial charge >= 0.3 is 0 Å². The Kier molecular flexibility index (Phi) is 4.21. The van der Waals surface area contributed by atoms with E-state index < -0.39 is 11.3 Å². The van der Waals surface area contributed by atoms with E-state index in [1.807, 2.05) is 26.2 Å². The van der Waals surface area contributed by atoms with Gasteiger partial charge in [0.05, 0.1) is 11.6 Å². The highest BCUT2D eigenvalue weighted by molar-refractivity contribution is 7.98. The Balaban J connectivity index is 2.25. The van der Waals surface area contributed by atoms with Gasteiger partial charge in [0.15, 0.2) is 0 Å². The minimum Gasteiger partial charge on any atom is -0.360 e. The van der Waals surface area contributed by atoms with Crippen molar-refractivity contribution in [2.75, 3.05) is 6.26 Å². The normalized spacial score (nSPS) is 32.9. The van der Waals surface area contributed by atoms with Crippen molar-refractivity contribution in [2.45, 2.75) is 49.6 Å². The molecule has 24 heavy (non-hydrogen) atoms. The Morgan fingerprint density at radius 3 is 2.92 bits per heavy atom. The van der Waals surface area contributed by atoms with Crippen LogP contribution in [-0.4, -0.2) is 37.6 Å². The van der Waals surface area contributed by atoms with Crippen molar-refractivity contribution in [1.29, 1.82) is 0 Å². The molecule has 0 spiro atoms. The third-order valence-electron chi connectivity index (χ3n) is 5.06. The number of thioether (sulfide) groups is 1. The van der Waals surface area contributed by atoms with Crippen LogP contribution in [0.4, 0.5) is 0 Å². The van der Waals surface area contributed by atoms with Crippen LogP contribution in [0.3, 0.4) is 0 Å². The third kappa shape index (κ3) is 2.12. The third-order valence-corrected chi connectivity index (χ3v) is 5.77. The SMILES string of the molecule is CC[C@H]1O[C@@](O)(c2ccc3c(SC)ncnn23)[C@](C)(N=[N+]=[N-])[C@@H]1C. The lowest BCUT2D eigenvalue weighted by atomic mass is 9.79. The Hall–Kier alpha value is -1.80. The number of aliphatic hydroxyl groups is 1. The average molecular weight is 348 g/mol. The fourth-order valence-corrected chi connectivity index (χ4v) is 3.96. The first kappa shape index (κ1) is 17.0. The van der Waals surface area contributed by atoms with Crippen molar-refractivity contribution in [2.24, 2.45) is 11.0 Å². The van der Waals surface area contributed by atoms with E-state index in [4.69, 9.17) is 10.3 Å². The molecule has 4 atom stereocenters. The molecule has 0 aliphatic carbocycles. The van der Waals surface area contributed by atoms with Gasteiger partial charge in [-0.3, -0.25) is 0 Å². The lowest BCUT2D eigenvalue weighted by molar-refractivity contribution is -0.228. The number of nitrogens with zero attached hydrogens (tertiary/aromatic N) is 6. The van der Waals surface area contributed by atoms with Crippen molar-refractivity contribution in [1.82, 2.24) is 14.6 Å². The topological polar surface area (TPSA) is 108 Å². The molecule has 8 nitrogen and oxygen atoms in total. The average Bonchev–Trinajstić information content (AvgIpc) is 3.10. The molecule has 0 radical (unpaired) electrons. The summed E-state index contributed by atoms with van der Waals surface area (Å²) in [7, 11) is 0. The van der Waals surface area contributed by atoms with E-state index >= 15 is 0 Å². The molecular formula is C15H20N6O2S. The molecule has 1 aliphatic heterocycles. The molecule has 0 unspecified atom stereocenters. The van der Waals surface area contributed by atoms with Crippen LogP contribution in [0, 0.1) is 5.92 Å². The first-order valence-corrected chi connectivity index (χ1v) is 8.99. The number of azide groups is 1. The number of rotatable bonds is 4. The van der Waals surface area contributed by atoms with Crippen molar-refractivity contribution in [3.05, 3.63) is 34.6 Å². The summed E-state index contributed by atoms with van der Waals surface area (Å²) < 4.78 is 7.61. The van der Waals surface area contributed by atoms with Crippen LogP contribution in [0.5, 0.6) is 0 Å².